The third kappa shape index (κ3) is 7.71. The molecule has 62 valence electrons. The van der Waals surface area contributed by atoms with Gasteiger partial charge in [0.25, 0.3) is 0 Å². The molecule has 2 N–H and O–H groups in total. The van der Waals surface area contributed by atoms with Crippen molar-refractivity contribution in [1.29, 1.82) is 0 Å². The van der Waals surface area contributed by atoms with E-state index in [9.17, 15) is 13.2 Å². The molecule has 0 unspecified atom stereocenters. The van der Waals surface area contributed by atoms with E-state index in [1.807, 2.05) is 0 Å². The third-order valence-electron chi connectivity index (χ3n) is 0.839. The molecule has 10 heavy (non-hydrogen) atoms. The molecule has 0 amide bonds. The fourth-order valence-electron chi connectivity index (χ4n) is 0.361. The van der Waals surface area contributed by atoms with Crippen LogP contribution in [0.5, 0.6) is 0 Å². The Balaban J connectivity index is 3.21. The molecule has 0 saturated carbocycles. The van der Waals surface area contributed by atoms with Crippen LogP contribution in [0.25, 0.3) is 0 Å². The second kappa shape index (κ2) is 3.78. The van der Waals surface area contributed by atoms with Gasteiger partial charge in [-0.2, -0.15) is 0 Å². The average Bonchev–Trinajstić information content (AvgIpc) is 1.59. The minimum Gasteiger partial charge on any atom is -0.328 e. The highest BCUT2D eigenvalue weighted by Gasteiger charge is 2.28. The molecule has 1 atom stereocenters. The van der Waals surface area contributed by atoms with Crippen LogP contribution in [-0.4, -0.2) is 19.0 Å². The van der Waals surface area contributed by atoms with Crippen molar-refractivity contribution in [3.05, 3.63) is 0 Å². The van der Waals surface area contributed by atoms with Gasteiger partial charge >= 0.3 is 6.36 Å². The molecule has 0 aromatic rings. The first kappa shape index (κ1) is 9.71. The van der Waals surface area contributed by atoms with Gasteiger partial charge in [0, 0.05) is 6.04 Å². The van der Waals surface area contributed by atoms with Crippen molar-refractivity contribution in [2.75, 3.05) is 6.61 Å². The van der Waals surface area contributed by atoms with E-state index in [2.05, 4.69) is 4.74 Å². The van der Waals surface area contributed by atoms with Gasteiger partial charge in [0.05, 0.1) is 6.61 Å². The molecule has 0 heterocycles. The van der Waals surface area contributed by atoms with Crippen molar-refractivity contribution in [2.24, 2.45) is 5.73 Å². The van der Waals surface area contributed by atoms with Gasteiger partial charge in [-0.15, -0.1) is 13.2 Å². The number of halogens is 3. The quantitative estimate of drug-likeness (QED) is 0.669. The van der Waals surface area contributed by atoms with Gasteiger partial charge in [0.2, 0.25) is 0 Å². The van der Waals surface area contributed by atoms with Crippen LogP contribution in [0.1, 0.15) is 13.3 Å². The molecule has 0 bridgehead atoms. The van der Waals surface area contributed by atoms with Crippen molar-refractivity contribution in [1.82, 2.24) is 0 Å². The maximum atomic E-state index is 11.2. The highest BCUT2D eigenvalue weighted by Crippen LogP contribution is 2.16. The topological polar surface area (TPSA) is 35.2 Å². The predicted molar refractivity (Wildman–Crippen MR) is 30.3 cm³/mol. The normalized spacial score (nSPS) is 15.3. The summed E-state index contributed by atoms with van der Waals surface area (Å²) >= 11 is 0. The highest BCUT2D eigenvalue weighted by molar-refractivity contribution is 4.50. The lowest BCUT2D eigenvalue weighted by molar-refractivity contribution is -0.324. The Kier molecular flexibility index (Phi) is 3.67. The van der Waals surface area contributed by atoms with Crippen LogP contribution in [0, 0.1) is 0 Å². The molecule has 0 aliphatic carbocycles. The fourth-order valence-corrected chi connectivity index (χ4v) is 0.361. The monoisotopic (exact) mass is 157 g/mol. The summed E-state index contributed by atoms with van der Waals surface area (Å²) in [6.45, 7) is 1.26. The lowest BCUT2D eigenvalue weighted by Gasteiger charge is -2.08. The summed E-state index contributed by atoms with van der Waals surface area (Å²) < 4.78 is 37.2. The van der Waals surface area contributed by atoms with Gasteiger partial charge < -0.3 is 5.73 Å². The molecule has 0 fully saturated rings. The Hall–Kier alpha value is -0.290. The van der Waals surface area contributed by atoms with E-state index in [4.69, 9.17) is 5.73 Å². The van der Waals surface area contributed by atoms with E-state index in [-0.39, 0.29) is 19.1 Å². The van der Waals surface area contributed by atoms with Crippen molar-refractivity contribution in [3.63, 3.8) is 0 Å². The number of hydrogen-bond donors (Lipinski definition) is 1. The Morgan fingerprint density at radius 3 is 2.30 bits per heavy atom. The minimum atomic E-state index is -4.52. The number of rotatable bonds is 3. The minimum absolute atomic E-state index is 0.222. The van der Waals surface area contributed by atoms with Crippen molar-refractivity contribution in [2.45, 2.75) is 25.7 Å². The van der Waals surface area contributed by atoms with Gasteiger partial charge in [-0.1, -0.05) is 0 Å². The molecular formula is C5H10F3NO. The predicted octanol–water partition coefficient (Wildman–Crippen LogP) is 1.26. The zero-order chi connectivity index (χ0) is 8.20. The van der Waals surface area contributed by atoms with Crippen molar-refractivity contribution >= 4 is 0 Å². The van der Waals surface area contributed by atoms with Gasteiger partial charge in [-0.3, -0.25) is 4.74 Å². The lowest BCUT2D eigenvalue weighted by atomic mass is 10.3. The Morgan fingerprint density at radius 1 is 1.50 bits per heavy atom. The van der Waals surface area contributed by atoms with Gasteiger partial charge in [-0.25, -0.2) is 0 Å². The smallest absolute Gasteiger partial charge is 0.328 e. The van der Waals surface area contributed by atoms with E-state index < -0.39 is 6.36 Å². The first-order valence-corrected chi connectivity index (χ1v) is 2.88. The van der Waals surface area contributed by atoms with E-state index in [0.29, 0.717) is 0 Å². The van der Waals surface area contributed by atoms with Gasteiger partial charge in [0.1, 0.15) is 0 Å². The van der Waals surface area contributed by atoms with Crippen LogP contribution in [0.2, 0.25) is 0 Å². The third-order valence-corrected chi connectivity index (χ3v) is 0.839. The molecule has 0 aliphatic rings. The zero-order valence-electron chi connectivity index (χ0n) is 5.61. The Bertz CT molecular complexity index is 91.4. The number of alkyl halides is 3. The largest absolute Gasteiger partial charge is 0.522 e. The van der Waals surface area contributed by atoms with E-state index in [1.165, 1.54) is 0 Å². The molecule has 0 radical (unpaired) electrons. The molecule has 2 nitrogen and oxygen atoms in total. The number of ether oxygens (including phenoxy) is 1. The van der Waals surface area contributed by atoms with Crippen LogP contribution in [0.4, 0.5) is 13.2 Å². The molecule has 0 aliphatic heterocycles. The second-order valence-corrected chi connectivity index (χ2v) is 2.06. The van der Waals surface area contributed by atoms with E-state index in [1.54, 1.807) is 6.92 Å². The first-order chi connectivity index (χ1) is 4.42. The summed E-state index contributed by atoms with van der Waals surface area (Å²) in [6, 6.07) is -0.248. The van der Waals surface area contributed by atoms with Gasteiger partial charge in [-0.05, 0) is 13.3 Å². The molecule has 0 aromatic heterocycles. The highest BCUT2D eigenvalue weighted by atomic mass is 19.4. The number of hydrogen-bond acceptors (Lipinski definition) is 2. The second-order valence-electron chi connectivity index (χ2n) is 2.06. The maximum absolute atomic E-state index is 11.2. The molecule has 0 rings (SSSR count). The van der Waals surface area contributed by atoms with E-state index in [0.717, 1.165) is 0 Å². The maximum Gasteiger partial charge on any atom is 0.522 e. The van der Waals surface area contributed by atoms with Crippen LogP contribution in [0.15, 0.2) is 0 Å². The van der Waals surface area contributed by atoms with Crippen LogP contribution in [-0.2, 0) is 4.74 Å². The summed E-state index contributed by atoms with van der Waals surface area (Å²) in [7, 11) is 0. The first-order valence-electron chi connectivity index (χ1n) is 2.88. The van der Waals surface area contributed by atoms with Crippen LogP contribution in [0.3, 0.4) is 0 Å². The summed E-state index contributed by atoms with van der Waals surface area (Å²) in [4.78, 5) is 0. The van der Waals surface area contributed by atoms with E-state index >= 15 is 0 Å². The standard InChI is InChI=1S/C5H10F3NO/c1-4(9)2-3-10-5(6,7)8/h4H,2-3,9H2,1H3/t4-/m0/s1. The number of nitrogens with two attached hydrogens (primary N) is 1. The molecular weight excluding hydrogens is 147 g/mol. The molecule has 0 saturated heterocycles. The van der Waals surface area contributed by atoms with Crippen molar-refractivity contribution < 1.29 is 17.9 Å². The average molecular weight is 157 g/mol. The molecule has 0 aromatic carbocycles. The fraction of sp³-hybridized carbons (Fsp3) is 1.00. The summed E-state index contributed by atoms with van der Waals surface area (Å²) in [6.07, 6.45) is -4.30. The SMILES string of the molecule is C[C@H](N)CCOC(F)(F)F. The van der Waals surface area contributed by atoms with Crippen LogP contribution < -0.4 is 5.73 Å². The summed E-state index contributed by atoms with van der Waals surface area (Å²) in [5, 5.41) is 0. The zero-order valence-corrected chi connectivity index (χ0v) is 5.61. The lowest BCUT2D eigenvalue weighted by Crippen LogP contribution is -2.21. The summed E-state index contributed by atoms with van der Waals surface area (Å²) in [5.74, 6) is 0. The van der Waals surface area contributed by atoms with Crippen LogP contribution >= 0.6 is 0 Å². The molecule has 5 heteroatoms. The molecule has 0 spiro atoms. The Morgan fingerprint density at radius 2 is 2.00 bits per heavy atom. The van der Waals surface area contributed by atoms with Crippen molar-refractivity contribution in [3.8, 4) is 0 Å². The summed E-state index contributed by atoms with van der Waals surface area (Å²) in [5.41, 5.74) is 5.17. The Labute approximate surface area is 57.1 Å². The van der Waals surface area contributed by atoms with Gasteiger partial charge in [0.15, 0.2) is 0 Å².